The topological polar surface area (TPSA) is 73.5 Å². The average Bonchev–Trinajstić information content (AvgIpc) is 3.35. The van der Waals surface area contributed by atoms with E-state index in [0.29, 0.717) is 17.5 Å². The summed E-state index contributed by atoms with van der Waals surface area (Å²) in [6, 6.07) is 10.5. The smallest absolute Gasteiger partial charge is 0.139 e. The first-order chi connectivity index (χ1) is 13.2. The normalized spacial score (nSPS) is 20.2. The number of nitrogens with zero attached hydrogens (tertiary/aromatic N) is 5. The lowest BCUT2D eigenvalue weighted by molar-refractivity contribution is 0.305. The van der Waals surface area contributed by atoms with Gasteiger partial charge in [0.05, 0.1) is 17.1 Å². The fourth-order valence-corrected chi connectivity index (χ4v) is 4.19. The van der Waals surface area contributed by atoms with Gasteiger partial charge in [-0.1, -0.05) is 6.92 Å². The van der Waals surface area contributed by atoms with E-state index < -0.39 is 0 Å². The predicted octanol–water partition coefficient (Wildman–Crippen LogP) is 3.87. The van der Waals surface area contributed by atoms with Gasteiger partial charge < -0.3 is 14.5 Å². The summed E-state index contributed by atoms with van der Waals surface area (Å²) in [6.45, 7) is 4.21. The van der Waals surface area contributed by atoms with Crippen molar-refractivity contribution in [2.45, 2.75) is 19.4 Å². The number of hydrogen-bond acceptors (Lipinski definition) is 4. The van der Waals surface area contributed by atoms with Crippen molar-refractivity contribution >= 4 is 27.8 Å². The van der Waals surface area contributed by atoms with Gasteiger partial charge in [0.15, 0.2) is 0 Å². The van der Waals surface area contributed by atoms with Gasteiger partial charge in [-0.3, -0.25) is 0 Å². The Balaban J connectivity index is 1.54. The van der Waals surface area contributed by atoms with Gasteiger partial charge in [-0.15, -0.1) is 0 Å². The van der Waals surface area contributed by atoms with Crippen molar-refractivity contribution in [2.24, 2.45) is 5.92 Å². The summed E-state index contributed by atoms with van der Waals surface area (Å²) in [5.74, 6) is 1.51. The van der Waals surface area contributed by atoms with Crippen LogP contribution in [0.4, 0.5) is 5.82 Å². The molecule has 1 N–H and O–H groups in total. The van der Waals surface area contributed by atoms with Crippen molar-refractivity contribution in [1.82, 2.24) is 19.5 Å². The van der Waals surface area contributed by atoms with Gasteiger partial charge in [0.1, 0.15) is 17.5 Å². The SMILES string of the molecule is C[C@@H]1CCN(c2ccc(C#N)cn2)C[C@@H]1n1ccc2cnc3[nH]ccc3c21. The number of fused-ring (bicyclic) bond motifs is 3. The summed E-state index contributed by atoms with van der Waals surface area (Å²) >= 11 is 0. The number of rotatable bonds is 2. The maximum absolute atomic E-state index is 9.00. The number of anilines is 1. The molecule has 0 bridgehead atoms. The van der Waals surface area contributed by atoms with Crippen molar-refractivity contribution in [3.8, 4) is 6.07 Å². The molecule has 1 fully saturated rings. The fraction of sp³-hybridized carbons (Fsp3) is 0.286. The van der Waals surface area contributed by atoms with Crippen LogP contribution in [0.25, 0.3) is 21.9 Å². The Morgan fingerprint density at radius 1 is 1.19 bits per heavy atom. The summed E-state index contributed by atoms with van der Waals surface area (Å²) in [4.78, 5) is 14.6. The van der Waals surface area contributed by atoms with Crippen molar-refractivity contribution in [3.05, 3.63) is 54.6 Å². The molecular formula is C21H20N6. The van der Waals surface area contributed by atoms with Crippen LogP contribution in [0.5, 0.6) is 0 Å². The lowest BCUT2D eigenvalue weighted by Gasteiger charge is -2.39. The molecule has 0 radical (unpaired) electrons. The largest absolute Gasteiger partial charge is 0.355 e. The summed E-state index contributed by atoms with van der Waals surface area (Å²) in [6.07, 6.45) is 8.84. The first-order valence-corrected chi connectivity index (χ1v) is 9.28. The highest BCUT2D eigenvalue weighted by molar-refractivity contribution is 6.02. The van der Waals surface area contributed by atoms with Crippen LogP contribution in [0.3, 0.4) is 0 Å². The molecule has 1 aliphatic heterocycles. The Morgan fingerprint density at radius 3 is 2.93 bits per heavy atom. The van der Waals surface area contributed by atoms with E-state index in [0.717, 1.165) is 31.0 Å². The molecule has 1 saturated heterocycles. The third-order valence-electron chi connectivity index (χ3n) is 5.74. The zero-order valence-electron chi connectivity index (χ0n) is 15.1. The molecule has 1 aliphatic rings. The third kappa shape index (κ3) is 2.55. The highest BCUT2D eigenvalue weighted by atomic mass is 15.2. The molecular weight excluding hydrogens is 336 g/mol. The van der Waals surface area contributed by atoms with E-state index >= 15 is 0 Å². The lowest BCUT2D eigenvalue weighted by Crippen LogP contribution is -2.41. The van der Waals surface area contributed by atoms with Gasteiger partial charge in [-0.25, -0.2) is 9.97 Å². The molecule has 134 valence electrons. The summed E-state index contributed by atoms with van der Waals surface area (Å²) in [7, 11) is 0. The van der Waals surface area contributed by atoms with E-state index in [1.54, 1.807) is 6.20 Å². The van der Waals surface area contributed by atoms with Gasteiger partial charge in [0.2, 0.25) is 0 Å². The number of piperidine rings is 1. The third-order valence-corrected chi connectivity index (χ3v) is 5.74. The second-order valence-electron chi connectivity index (χ2n) is 7.32. The molecule has 5 rings (SSSR count). The van der Waals surface area contributed by atoms with Crippen LogP contribution in [-0.2, 0) is 0 Å². The van der Waals surface area contributed by atoms with E-state index in [-0.39, 0.29) is 0 Å². The molecule has 0 unspecified atom stereocenters. The van der Waals surface area contributed by atoms with E-state index in [4.69, 9.17) is 5.26 Å². The molecule has 0 amide bonds. The van der Waals surface area contributed by atoms with Crippen LogP contribution in [0.1, 0.15) is 24.9 Å². The van der Waals surface area contributed by atoms with Gasteiger partial charge in [0, 0.05) is 48.6 Å². The van der Waals surface area contributed by atoms with Crippen molar-refractivity contribution in [1.29, 1.82) is 5.26 Å². The summed E-state index contributed by atoms with van der Waals surface area (Å²) in [5.41, 5.74) is 2.77. The molecule has 6 heteroatoms. The zero-order chi connectivity index (χ0) is 18.4. The standard InChI is InChI=1S/C21H20N6/c1-14-5-8-26(19-3-2-15(10-22)11-24-19)13-18(14)27-9-6-16-12-25-21-17(20(16)27)4-7-23-21/h2-4,6-7,9,11-12,14,18H,5,8,13H2,1H3,(H,23,25)/t14-,18+/m1/s1. The maximum atomic E-state index is 9.00. The van der Waals surface area contributed by atoms with Crippen LogP contribution < -0.4 is 4.90 Å². The van der Waals surface area contributed by atoms with E-state index in [1.807, 2.05) is 24.5 Å². The van der Waals surface area contributed by atoms with E-state index in [9.17, 15) is 0 Å². The number of aromatic amines is 1. The molecule has 5 heterocycles. The Hall–Kier alpha value is -3.33. The van der Waals surface area contributed by atoms with E-state index in [2.05, 4.69) is 55.7 Å². The number of nitrogens with one attached hydrogen (secondary N) is 1. The first-order valence-electron chi connectivity index (χ1n) is 9.28. The Labute approximate surface area is 157 Å². The van der Waals surface area contributed by atoms with Gasteiger partial charge in [-0.2, -0.15) is 5.26 Å². The van der Waals surface area contributed by atoms with Crippen LogP contribution >= 0.6 is 0 Å². The first kappa shape index (κ1) is 15.9. The van der Waals surface area contributed by atoms with Gasteiger partial charge in [0.25, 0.3) is 0 Å². The minimum atomic E-state index is 0.356. The minimum Gasteiger partial charge on any atom is -0.355 e. The molecule has 0 spiro atoms. The second-order valence-corrected chi connectivity index (χ2v) is 7.32. The number of H-pyrrole nitrogens is 1. The number of nitriles is 1. The molecule has 0 aromatic carbocycles. The molecule has 0 aliphatic carbocycles. The lowest BCUT2D eigenvalue weighted by atomic mass is 9.93. The van der Waals surface area contributed by atoms with Crippen LogP contribution in [0, 0.1) is 17.2 Å². The Morgan fingerprint density at radius 2 is 2.11 bits per heavy atom. The highest BCUT2D eigenvalue weighted by Crippen LogP contribution is 2.34. The van der Waals surface area contributed by atoms with Gasteiger partial charge >= 0.3 is 0 Å². The van der Waals surface area contributed by atoms with Crippen LogP contribution in [0.15, 0.2) is 49.1 Å². The second kappa shape index (κ2) is 6.13. The molecule has 2 atom stereocenters. The number of pyridine rings is 2. The monoisotopic (exact) mass is 356 g/mol. The Kier molecular flexibility index (Phi) is 3.61. The number of aromatic nitrogens is 4. The Bertz CT molecular complexity index is 1150. The average molecular weight is 356 g/mol. The number of hydrogen-bond donors (Lipinski definition) is 1. The van der Waals surface area contributed by atoms with Crippen LogP contribution in [-0.4, -0.2) is 32.6 Å². The van der Waals surface area contributed by atoms with Crippen molar-refractivity contribution in [3.63, 3.8) is 0 Å². The minimum absolute atomic E-state index is 0.356. The quantitative estimate of drug-likeness (QED) is 0.592. The van der Waals surface area contributed by atoms with Crippen molar-refractivity contribution < 1.29 is 0 Å². The summed E-state index contributed by atoms with van der Waals surface area (Å²) in [5, 5.41) is 11.3. The fourth-order valence-electron chi connectivity index (χ4n) is 4.19. The predicted molar refractivity (Wildman–Crippen MR) is 106 cm³/mol. The van der Waals surface area contributed by atoms with Gasteiger partial charge in [-0.05, 0) is 36.6 Å². The van der Waals surface area contributed by atoms with Crippen molar-refractivity contribution in [2.75, 3.05) is 18.0 Å². The maximum Gasteiger partial charge on any atom is 0.139 e. The zero-order valence-corrected chi connectivity index (χ0v) is 15.1. The molecule has 0 saturated carbocycles. The highest BCUT2D eigenvalue weighted by Gasteiger charge is 2.29. The summed E-state index contributed by atoms with van der Waals surface area (Å²) < 4.78 is 2.41. The van der Waals surface area contributed by atoms with Crippen LogP contribution in [0.2, 0.25) is 0 Å². The molecule has 27 heavy (non-hydrogen) atoms. The molecule has 4 aromatic heterocycles. The molecule has 4 aromatic rings. The van der Waals surface area contributed by atoms with E-state index in [1.165, 1.54) is 16.3 Å². The molecule has 6 nitrogen and oxygen atoms in total.